The van der Waals surface area contributed by atoms with E-state index >= 15 is 0 Å². The smallest absolute Gasteiger partial charge is 0.179 e. The third-order valence-electron chi connectivity index (χ3n) is 2.78. The second kappa shape index (κ2) is 4.38. The van der Waals surface area contributed by atoms with Crippen molar-refractivity contribution in [1.82, 2.24) is 0 Å². The van der Waals surface area contributed by atoms with Gasteiger partial charge in [-0.1, -0.05) is 32.9 Å². The van der Waals surface area contributed by atoms with Crippen molar-refractivity contribution in [2.75, 3.05) is 0 Å². The molecule has 0 aliphatic carbocycles. The highest BCUT2D eigenvalue weighted by Crippen LogP contribution is 2.24. The van der Waals surface area contributed by atoms with E-state index in [-0.39, 0.29) is 11.2 Å². The number of hydrogen-bond acceptors (Lipinski definition) is 2. The maximum absolute atomic E-state index is 11.9. The zero-order valence-electron chi connectivity index (χ0n) is 10.8. The lowest BCUT2D eigenvalue weighted by atomic mass is 9.84. The van der Waals surface area contributed by atoms with Crippen molar-refractivity contribution in [3.63, 3.8) is 0 Å². The Bertz CT molecular complexity index is 400. The zero-order valence-corrected chi connectivity index (χ0v) is 10.8. The summed E-state index contributed by atoms with van der Waals surface area (Å²) >= 11 is 0. The summed E-state index contributed by atoms with van der Waals surface area (Å²) in [6.45, 7) is 10.1. The number of aryl methyl sites for hydroxylation is 1. The van der Waals surface area contributed by atoms with Crippen LogP contribution in [-0.2, 0) is 5.41 Å². The Hall–Kier alpha value is -1.15. The van der Waals surface area contributed by atoms with Crippen LogP contribution in [0.5, 0.6) is 0 Å². The molecule has 0 spiro atoms. The van der Waals surface area contributed by atoms with Crippen molar-refractivity contribution in [3.05, 3.63) is 34.9 Å². The molecule has 0 aromatic heterocycles. The van der Waals surface area contributed by atoms with Gasteiger partial charge in [0, 0.05) is 5.56 Å². The van der Waals surface area contributed by atoms with Crippen LogP contribution in [0.25, 0.3) is 0 Å². The molecular weight excluding hydrogens is 198 g/mol. The largest absolute Gasteiger partial charge is 0.321 e. The molecule has 0 aliphatic heterocycles. The minimum absolute atomic E-state index is 0.0172. The molecule has 88 valence electrons. The topological polar surface area (TPSA) is 43.1 Å². The van der Waals surface area contributed by atoms with Crippen molar-refractivity contribution < 1.29 is 4.79 Å². The Morgan fingerprint density at radius 1 is 1.31 bits per heavy atom. The summed E-state index contributed by atoms with van der Waals surface area (Å²) in [5.74, 6) is 0.0172. The highest BCUT2D eigenvalue weighted by molar-refractivity contribution is 6.01. The van der Waals surface area contributed by atoms with Crippen LogP contribution in [0.3, 0.4) is 0 Å². The van der Waals surface area contributed by atoms with E-state index in [1.165, 1.54) is 5.56 Å². The van der Waals surface area contributed by atoms with Crippen LogP contribution in [0.4, 0.5) is 0 Å². The van der Waals surface area contributed by atoms with Gasteiger partial charge in [0.15, 0.2) is 5.78 Å². The standard InChI is InChI=1S/C14H21NO/c1-9-6-7-11(14(3,4)5)8-12(9)13(16)10(2)15/h6-8,10H,15H2,1-5H3. The van der Waals surface area contributed by atoms with Gasteiger partial charge in [-0.2, -0.15) is 0 Å². The lowest BCUT2D eigenvalue weighted by Gasteiger charge is -2.21. The van der Waals surface area contributed by atoms with E-state index in [1.807, 2.05) is 19.1 Å². The fraction of sp³-hybridized carbons (Fsp3) is 0.500. The minimum atomic E-state index is -0.436. The first-order valence-electron chi connectivity index (χ1n) is 5.64. The Morgan fingerprint density at radius 3 is 2.31 bits per heavy atom. The zero-order chi connectivity index (χ0) is 12.5. The third-order valence-corrected chi connectivity index (χ3v) is 2.78. The number of benzene rings is 1. The molecular formula is C14H21NO. The molecule has 0 fully saturated rings. The molecule has 1 rings (SSSR count). The summed E-state index contributed by atoms with van der Waals surface area (Å²) in [5, 5.41) is 0. The fourth-order valence-corrected chi connectivity index (χ4v) is 1.60. The van der Waals surface area contributed by atoms with Gasteiger partial charge in [0.05, 0.1) is 6.04 Å². The normalized spacial score (nSPS) is 13.6. The van der Waals surface area contributed by atoms with E-state index < -0.39 is 6.04 Å². The minimum Gasteiger partial charge on any atom is -0.321 e. The molecule has 0 saturated carbocycles. The molecule has 1 atom stereocenters. The molecule has 2 heteroatoms. The van der Waals surface area contributed by atoms with E-state index in [4.69, 9.17) is 5.73 Å². The highest BCUT2D eigenvalue weighted by Gasteiger charge is 2.18. The predicted octanol–water partition coefficient (Wildman–Crippen LogP) is 2.82. The van der Waals surface area contributed by atoms with Crippen molar-refractivity contribution in [3.8, 4) is 0 Å². The molecule has 1 aromatic rings. The van der Waals surface area contributed by atoms with Crippen LogP contribution in [-0.4, -0.2) is 11.8 Å². The number of carbonyl (C=O) groups excluding carboxylic acids is 1. The van der Waals surface area contributed by atoms with Gasteiger partial charge in [-0.15, -0.1) is 0 Å². The van der Waals surface area contributed by atoms with Crippen LogP contribution < -0.4 is 5.73 Å². The maximum Gasteiger partial charge on any atom is 0.179 e. The molecule has 2 N–H and O–H groups in total. The number of ketones is 1. The molecule has 0 saturated heterocycles. The SMILES string of the molecule is Cc1ccc(C(C)(C)C)cc1C(=O)C(C)N. The van der Waals surface area contributed by atoms with Gasteiger partial charge < -0.3 is 5.73 Å². The number of hydrogen-bond donors (Lipinski definition) is 1. The van der Waals surface area contributed by atoms with Crippen molar-refractivity contribution in [2.45, 2.75) is 46.1 Å². The second-order valence-electron chi connectivity index (χ2n) is 5.43. The quantitative estimate of drug-likeness (QED) is 0.777. The average Bonchev–Trinajstić information content (AvgIpc) is 2.15. The van der Waals surface area contributed by atoms with Gasteiger partial charge in [-0.05, 0) is 36.5 Å². The Morgan fingerprint density at radius 2 is 1.88 bits per heavy atom. The predicted molar refractivity (Wildman–Crippen MR) is 67.9 cm³/mol. The Balaban J connectivity index is 3.25. The number of nitrogens with two attached hydrogens (primary N) is 1. The second-order valence-corrected chi connectivity index (χ2v) is 5.43. The van der Waals surface area contributed by atoms with Gasteiger partial charge in [-0.25, -0.2) is 0 Å². The molecule has 2 nitrogen and oxygen atoms in total. The number of rotatable bonds is 2. The van der Waals surface area contributed by atoms with Gasteiger partial charge in [-0.3, -0.25) is 4.79 Å². The van der Waals surface area contributed by atoms with Crippen LogP contribution in [0, 0.1) is 6.92 Å². The highest BCUT2D eigenvalue weighted by atomic mass is 16.1. The third kappa shape index (κ3) is 2.70. The number of Topliss-reactive ketones (excluding diaryl/α,β-unsaturated/α-hetero) is 1. The summed E-state index contributed by atoms with van der Waals surface area (Å²) in [6.07, 6.45) is 0. The first-order chi connectivity index (χ1) is 7.23. The lowest BCUT2D eigenvalue weighted by Crippen LogP contribution is -2.27. The van der Waals surface area contributed by atoms with Gasteiger partial charge in [0.25, 0.3) is 0 Å². The van der Waals surface area contributed by atoms with Crippen molar-refractivity contribution in [1.29, 1.82) is 0 Å². The Kier molecular flexibility index (Phi) is 3.54. The monoisotopic (exact) mass is 219 g/mol. The van der Waals surface area contributed by atoms with Crippen molar-refractivity contribution >= 4 is 5.78 Å². The lowest BCUT2D eigenvalue weighted by molar-refractivity contribution is 0.0967. The van der Waals surface area contributed by atoms with Gasteiger partial charge >= 0.3 is 0 Å². The summed E-state index contributed by atoms with van der Waals surface area (Å²) in [6, 6.07) is 5.61. The number of carbonyl (C=O) groups is 1. The molecule has 0 radical (unpaired) electrons. The van der Waals surface area contributed by atoms with E-state index in [2.05, 4.69) is 26.8 Å². The fourth-order valence-electron chi connectivity index (χ4n) is 1.60. The first kappa shape index (κ1) is 12.9. The summed E-state index contributed by atoms with van der Waals surface area (Å²) in [5.41, 5.74) is 8.62. The van der Waals surface area contributed by atoms with Crippen molar-refractivity contribution in [2.24, 2.45) is 5.73 Å². The molecule has 0 amide bonds. The van der Waals surface area contributed by atoms with E-state index in [1.54, 1.807) is 6.92 Å². The summed E-state index contributed by atoms with van der Waals surface area (Å²) in [4.78, 5) is 11.9. The van der Waals surface area contributed by atoms with E-state index in [0.717, 1.165) is 11.1 Å². The first-order valence-corrected chi connectivity index (χ1v) is 5.64. The van der Waals surface area contributed by atoms with Crippen LogP contribution in [0.2, 0.25) is 0 Å². The van der Waals surface area contributed by atoms with Crippen LogP contribution >= 0.6 is 0 Å². The average molecular weight is 219 g/mol. The Labute approximate surface area is 97.9 Å². The van der Waals surface area contributed by atoms with Crippen LogP contribution in [0.15, 0.2) is 18.2 Å². The van der Waals surface area contributed by atoms with Gasteiger partial charge in [0.2, 0.25) is 0 Å². The van der Waals surface area contributed by atoms with E-state index in [9.17, 15) is 4.79 Å². The molecule has 1 unspecified atom stereocenters. The molecule has 0 heterocycles. The molecule has 0 bridgehead atoms. The van der Waals surface area contributed by atoms with Gasteiger partial charge in [0.1, 0.15) is 0 Å². The summed E-state index contributed by atoms with van der Waals surface area (Å²) in [7, 11) is 0. The molecule has 1 aromatic carbocycles. The molecule has 16 heavy (non-hydrogen) atoms. The maximum atomic E-state index is 11.9. The van der Waals surface area contributed by atoms with E-state index in [0.29, 0.717) is 0 Å². The molecule has 0 aliphatic rings. The van der Waals surface area contributed by atoms with Crippen LogP contribution in [0.1, 0.15) is 49.2 Å². The summed E-state index contributed by atoms with van der Waals surface area (Å²) < 4.78 is 0.